The molecule has 0 spiro atoms. The molecule has 1 aromatic rings. The van der Waals surface area contributed by atoms with Gasteiger partial charge in [-0.15, -0.1) is 0 Å². The number of hydrogen-bond donors (Lipinski definition) is 0. The first-order valence-electron chi connectivity index (χ1n) is 4.59. The third kappa shape index (κ3) is 1.44. The number of anilines is 1. The van der Waals surface area contributed by atoms with Crippen LogP contribution < -0.4 is 4.90 Å². The maximum Gasteiger partial charge on any atom is 0.155 e. The fraction of sp³-hybridized carbons (Fsp3) is 0.364. The fourth-order valence-corrected chi connectivity index (χ4v) is 1.64. The van der Waals surface area contributed by atoms with Crippen molar-refractivity contribution in [3.63, 3.8) is 0 Å². The summed E-state index contributed by atoms with van der Waals surface area (Å²) in [6.07, 6.45) is 1.76. The normalized spacial score (nSPS) is 21.0. The van der Waals surface area contributed by atoms with Crippen LogP contribution in [0.3, 0.4) is 0 Å². The molecule has 1 atom stereocenters. The van der Waals surface area contributed by atoms with E-state index in [1.165, 1.54) is 0 Å². The van der Waals surface area contributed by atoms with Crippen molar-refractivity contribution < 1.29 is 4.79 Å². The Labute approximate surface area is 78.2 Å². The van der Waals surface area contributed by atoms with Crippen LogP contribution in [0.4, 0.5) is 5.69 Å². The van der Waals surface area contributed by atoms with Crippen LogP contribution in [-0.4, -0.2) is 18.9 Å². The lowest BCUT2D eigenvalue weighted by Crippen LogP contribution is -2.45. The number of benzene rings is 1. The molecule has 1 unspecified atom stereocenters. The van der Waals surface area contributed by atoms with E-state index in [1.54, 1.807) is 0 Å². The highest BCUT2D eigenvalue weighted by molar-refractivity contribution is 5.92. The molecular formula is C11H13NO. The van der Waals surface area contributed by atoms with E-state index in [0.29, 0.717) is 5.78 Å². The van der Waals surface area contributed by atoms with E-state index in [2.05, 4.69) is 4.90 Å². The van der Waals surface area contributed by atoms with Crippen LogP contribution in [0.2, 0.25) is 0 Å². The van der Waals surface area contributed by atoms with Crippen LogP contribution in [-0.2, 0) is 4.79 Å². The predicted octanol–water partition coefficient (Wildman–Crippen LogP) is 1.85. The van der Waals surface area contributed by atoms with Crippen molar-refractivity contribution in [3.05, 3.63) is 30.3 Å². The van der Waals surface area contributed by atoms with E-state index in [-0.39, 0.29) is 6.04 Å². The zero-order valence-corrected chi connectivity index (χ0v) is 7.73. The molecule has 0 N–H and O–H groups in total. The van der Waals surface area contributed by atoms with Crippen molar-refractivity contribution in [1.29, 1.82) is 0 Å². The summed E-state index contributed by atoms with van der Waals surface area (Å²) in [5.41, 5.74) is 1.13. The van der Waals surface area contributed by atoms with Gasteiger partial charge in [-0.25, -0.2) is 0 Å². The Morgan fingerprint density at radius 3 is 2.46 bits per heavy atom. The molecule has 68 valence electrons. The highest BCUT2D eigenvalue weighted by atomic mass is 16.1. The van der Waals surface area contributed by atoms with Gasteiger partial charge in [0.25, 0.3) is 0 Å². The molecule has 2 nitrogen and oxygen atoms in total. The first-order valence-corrected chi connectivity index (χ1v) is 4.59. The van der Waals surface area contributed by atoms with Crippen molar-refractivity contribution in [2.45, 2.75) is 18.9 Å². The highest BCUT2D eigenvalue weighted by Crippen LogP contribution is 2.24. The van der Waals surface area contributed by atoms with Gasteiger partial charge in [-0.1, -0.05) is 18.2 Å². The lowest BCUT2D eigenvalue weighted by Gasteiger charge is -2.34. The summed E-state index contributed by atoms with van der Waals surface area (Å²) in [6, 6.07) is 10.2. The Bertz CT molecular complexity index is 307. The van der Waals surface area contributed by atoms with E-state index < -0.39 is 0 Å². The smallest absolute Gasteiger partial charge is 0.155 e. The molecular weight excluding hydrogens is 162 g/mol. The summed E-state index contributed by atoms with van der Waals surface area (Å²) in [7, 11) is 1.98. The first kappa shape index (κ1) is 8.30. The van der Waals surface area contributed by atoms with Gasteiger partial charge < -0.3 is 4.90 Å². The fourth-order valence-electron chi connectivity index (χ4n) is 1.64. The SMILES string of the molecule is CN(c1ccccc1)C1CCC1=O. The summed E-state index contributed by atoms with van der Waals surface area (Å²) in [6.45, 7) is 0. The lowest BCUT2D eigenvalue weighted by molar-refractivity contribution is -0.125. The lowest BCUT2D eigenvalue weighted by atomic mass is 9.90. The largest absolute Gasteiger partial charge is 0.365 e. The number of carbonyl (C=O) groups excluding carboxylic acids is 1. The molecule has 2 rings (SSSR count). The number of carbonyl (C=O) groups is 1. The number of Topliss-reactive ketones (excluding diaryl/α,β-unsaturated/α-hetero) is 1. The summed E-state index contributed by atoms with van der Waals surface area (Å²) < 4.78 is 0. The maximum absolute atomic E-state index is 11.2. The van der Waals surface area contributed by atoms with Crippen LogP contribution in [0.1, 0.15) is 12.8 Å². The minimum Gasteiger partial charge on any atom is -0.365 e. The average molecular weight is 175 g/mol. The van der Waals surface area contributed by atoms with E-state index in [1.807, 2.05) is 37.4 Å². The molecule has 0 radical (unpaired) electrons. The number of rotatable bonds is 2. The van der Waals surface area contributed by atoms with Gasteiger partial charge in [0.1, 0.15) is 0 Å². The molecule has 1 fully saturated rings. The van der Waals surface area contributed by atoms with Gasteiger partial charge in [0, 0.05) is 19.2 Å². The van der Waals surface area contributed by atoms with Gasteiger partial charge in [-0.05, 0) is 18.6 Å². The third-order valence-electron chi connectivity index (χ3n) is 2.67. The average Bonchev–Trinajstić information content (AvgIpc) is 2.17. The van der Waals surface area contributed by atoms with Gasteiger partial charge in [-0.3, -0.25) is 4.79 Å². The Kier molecular flexibility index (Phi) is 2.05. The second-order valence-corrected chi connectivity index (χ2v) is 3.47. The molecule has 0 bridgehead atoms. The second-order valence-electron chi connectivity index (χ2n) is 3.47. The molecule has 0 amide bonds. The van der Waals surface area contributed by atoms with Crippen molar-refractivity contribution in [2.24, 2.45) is 0 Å². The van der Waals surface area contributed by atoms with E-state index in [9.17, 15) is 4.79 Å². The summed E-state index contributed by atoms with van der Waals surface area (Å²) in [4.78, 5) is 13.3. The van der Waals surface area contributed by atoms with Gasteiger partial charge in [0.05, 0.1) is 6.04 Å². The molecule has 0 saturated heterocycles. The first-order chi connectivity index (χ1) is 6.29. The zero-order valence-electron chi connectivity index (χ0n) is 7.73. The Balaban J connectivity index is 2.13. The third-order valence-corrected chi connectivity index (χ3v) is 2.67. The zero-order chi connectivity index (χ0) is 9.26. The molecule has 1 aliphatic carbocycles. The standard InChI is InChI=1S/C11H13NO/c1-12(10-7-8-11(10)13)9-5-3-2-4-6-9/h2-6,10H,7-8H2,1H3. The van der Waals surface area contributed by atoms with Gasteiger partial charge in [0.15, 0.2) is 5.78 Å². The highest BCUT2D eigenvalue weighted by Gasteiger charge is 2.31. The van der Waals surface area contributed by atoms with E-state index >= 15 is 0 Å². The number of likely N-dealkylation sites (N-methyl/N-ethyl adjacent to an activating group) is 1. The Morgan fingerprint density at radius 2 is 2.00 bits per heavy atom. The molecule has 13 heavy (non-hydrogen) atoms. The molecule has 0 heterocycles. The van der Waals surface area contributed by atoms with Crippen molar-refractivity contribution in [2.75, 3.05) is 11.9 Å². The molecule has 2 heteroatoms. The minimum atomic E-state index is 0.127. The minimum absolute atomic E-state index is 0.127. The van der Waals surface area contributed by atoms with E-state index in [4.69, 9.17) is 0 Å². The number of nitrogens with zero attached hydrogens (tertiary/aromatic N) is 1. The monoisotopic (exact) mass is 175 g/mol. The molecule has 0 aliphatic heterocycles. The van der Waals surface area contributed by atoms with Crippen molar-refractivity contribution in [3.8, 4) is 0 Å². The second kappa shape index (κ2) is 3.21. The van der Waals surface area contributed by atoms with Crippen LogP contribution in [0.15, 0.2) is 30.3 Å². The Morgan fingerprint density at radius 1 is 1.31 bits per heavy atom. The molecule has 1 aliphatic rings. The predicted molar refractivity (Wildman–Crippen MR) is 52.9 cm³/mol. The van der Waals surface area contributed by atoms with Crippen molar-refractivity contribution >= 4 is 11.5 Å². The summed E-state index contributed by atoms with van der Waals surface area (Å²) in [5, 5.41) is 0. The van der Waals surface area contributed by atoms with E-state index in [0.717, 1.165) is 18.5 Å². The Hall–Kier alpha value is -1.31. The van der Waals surface area contributed by atoms with Crippen LogP contribution in [0.25, 0.3) is 0 Å². The van der Waals surface area contributed by atoms with Gasteiger partial charge >= 0.3 is 0 Å². The quantitative estimate of drug-likeness (QED) is 0.683. The number of ketones is 1. The van der Waals surface area contributed by atoms with Crippen LogP contribution in [0.5, 0.6) is 0 Å². The van der Waals surface area contributed by atoms with Crippen LogP contribution >= 0.6 is 0 Å². The van der Waals surface area contributed by atoms with Gasteiger partial charge in [-0.2, -0.15) is 0 Å². The summed E-state index contributed by atoms with van der Waals surface area (Å²) >= 11 is 0. The van der Waals surface area contributed by atoms with Gasteiger partial charge in [0.2, 0.25) is 0 Å². The summed E-state index contributed by atoms with van der Waals surface area (Å²) in [5.74, 6) is 0.367. The van der Waals surface area contributed by atoms with Crippen molar-refractivity contribution in [1.82, 2.24) is 0 Å². The number of para-hydroxylation sites is 1. The molecule has 1 saturated carbocycles. The molecule has 0 aromatic heterocycles. The topological polar surface area (TPSA) is 20.3 Å². The van der Waals surface area contributed by atoms with Crippen LogP contribution in [0, 0.1) is 0 Å². The molecule has 1 aromatic carbocycles. The maximum atomic E-state index is 11.2. The number of hydrogen-bond acceptors (Lipinski definition) is 2.